The van der Waals surface area contributed by atoms with Crippen LogP contribution in [-0.2, 0) is 4.79 Å². The van der Waals surface area contributed by atoms with Crippen molar-refractivity contribution in [3.63, 3.8) is 0 Å². The van der Waals surface area contributed by atoms with Crippen molar-refractivity contribution in [3.8, 4) is 5.88 Å². The number of hydrogen-bond acceptors (Lipinski definition) is 6. The van der Waals surface area contributed by atoms with Crippen LogP contribution >= 0.6 is 0 Å². The average Bonchev–Trinajstić information content (AvgIpc) is 2.46. The normalized spacial score (nSPS) is 16.0. The largest absolute Gasteiger partial charge is 0.481 e. The van der Waals surface area contributed by atoms with Crippen LogP contribution in [0.1, 0.15) is 19.8 Å². The number of carbonyl (C=O) groups excluding carboxylic acids is 1. The maximum atomic E-state index is 11.4. The third kappa shape index (κ3) is 2.87. The van der Waals surface area contributed by atoms with Gasteiger partial charge in [-0.2, -0.15) is 4.98 Å². The third-order valence-corrected chi connectivity index (χ3v) is 3.60. The summed E-state index contributed by atoms with van der Waals surface area (Å²) in [6.07, 6.45) is 1.40. The standard InChI is InChI=1S/C13H17N3O4/c1-9(17)10-5-7-15(8-6-10)13-11(16(18)19)3-4-12(14-13)20-2/h3-4,10H,5-8H2,1-2H3. The summed E-state index contributed by atoms with van der Waals surface area (Å²) in [6.45, 7) is 2.77. The molecule has 0 radical (unpaired) electrons. The van der Waals surface area contributed by atoms with Crippen molar-refractivity contribution in [2.24, 2.45) is 5.92 Å². The second-order valence-corrected chi connectivity index (χ2v) is 4.83. The van der Waals surface area contributed by atoms with Gasteiger partial charge >= 0.3 is 5.69 Å². The predicted molar refractivity (Wildman–Crippen MR) is 73.1 cm³/mol. The van der Waals surface area contributed by atoms with Crippen molar-refractivity contribution in [2.45, 2.75) is 19.8 Å². The van der Waals surface area contributed by atoms with Crippen molar-refractivity contribution in [2.75, 3.05) is 25.1 Å². The van der Waals surface area contributed by atoms with Crippen molar-refractivity contribution in [1.29, 1.82) is 0 Å². The van der Waals surface area contributed by atoms with Crippen molar-refractivity contribution < 1.29 is 14.5 Å². The summed E-state index contributed by atoms with van der Waals surface area (Å²) < 4.78 is 5.03. The van der Waals surface area contributed by atoms with Gasteiger partial charge in [-0.3, -0.25) is 14.9 Å². The molecular formula is C13H17N3O4. The number of methoxy groups -OCH3 is 1. The summed E-state index contributed by atoms with van der Waals surface area (Å²) in [5, 5.41) is 11.1. The highest BCUT2D eigenvalue weighted by atomic mass is 16.6. The minimum atomic E-state index is -0.446. The number of nitrogens with zero attached hydrogens (tertiary/aromatic N) is 3. The van der Waals surface area contributed by atoms with E-state index < -0.39 is 4.92 Å². The van der Waals surface area contributed by atoms with E-state index in [1.54, 1.807) is 6.92 Å². The zero-order valence-electron chi connectivity index (χ0n) is 11.5. The summed E-state index contributed by atoms with van der Waals surface area (Å²) in [5.74, 6) is 0.893. The highest BCUT2D eigenvalue weighted by Gasteiger charge is 2.28. The number of pyridine rings is 1. The fourth-order valence-electron chi connectivity index (χ4n) is 2.41. The molecule has 0 bridgehead atoms. The van der Waals surface area contributed by atoms with Gasteiger partial charge in [-0.25, -0.2) is 0 Å². The Balaban J connectivity index is 2.23. The van der Waals surface area contributed by atoms with E-state index >= 15 is 0 Å². The number of carbonyl (C=O) groups is 1. The fraction of sp³-hybridized carbons (Fsp3) is 0.538. The third-order valence-electron chi connectivity index (χ3n) is 3.60. The number of aromatic nitrogens is 1. The van der Waals surface area contributed by atoms with Gasteiger partial charge in [-0.1, -0.05) is 0 Å². The molecule has 0 spiro atoms. The van der Waals surface area contributed by atoms with E-state index in [0.717, 1.165) is 0 Å². The summed E-state index contributed by atoms with van der Waals surface area (Å²) in [6, 6.07) is 2.88. The lowest BCUT2D eigenvalue weighted by Crippen LogP contribution is -2.36. The number of nitro groups is 1. The highest BCUT2D eigenvalue weighted by molar-refractivity contribution is 5.78. The molecule has 0 aliphatic carbocycles. The molecule has 1 saturated heterocycles. The molecule has 7 heteroatoms. The Morgan fingerprint density at radius 2 is 2.10 bits per heavy atom. The first kappa shape index (κ1) is 14.2. The molecule has 7 nitrogen and oxygen atoms in total. The minimum Gasteiger partial charge on any atom is -0.481 e. The Bertz CT molecular complexity index is 524. The van der Waals surface area contributed by atoms with Gasteiger partial charge in [-0.15, -0.1) is 0 Å². The molecule has 1 aromatic rings. The van der Waals surface area contributed by atoms with E-state index in [1.165, 1.54) is 19.2 Å². The van der Waals surface area contributed by atoms with E-state index in [0.29, 0.717) is 37.6 Å². The lowest BCUT2D eigenvalue weighted by Gasteiger charge is -2.31. The van der Waals surface area contributed by atoms with Crippen LogP contribution in [0.3, 0.4) is 0 Å². The quantitative estimate of drug-likeness (QED) is 0.617. The molecule has 20 heavy (non-hydrogen) atoms. The first-order chi connectivity index (χ1) is 9.52. The lowest BCUT2D eigenvalue weighted by molar-refractivity contribution is -0.384. The lowest BCUT2D eigenvalue weighted by atomic mass is 9.93. The molecule has 0 unspecified atom stereocenters. The number of piperidine rings is 1. The number of hydrogen-bond donors (Lipinski definition) is 0. The second-order valence-electron chi connectivity index (χ2n) is 4.83. The van der Waals surface area contributed by atoms with Crippen LogP contribution in [0.4, 0.5) is 11.5 Å². The number of rotatable bonds is 4. The minimum absolute atomic E-state index is 0.0351. The van der Waals surface area contributed by atoms with Crippen molar-refractivity contribution in [1.82, 2.24) is 4.98 Å². The first-order valence-corrected chi connectivity index (χ1v) is 6.47. The Hall–Kier alpha value is -2.18. The summed E-state index contributed by atoms with van der Waals surface area (Å²) >= 11 is 0. The summed E-state index contributed by atoms with van der Waals surface area (Å²) in [7, 11) is 1.47. The highest BCUT2D eigenvalue weighted by Crippen LogP contribution is 2.31. The van der Waals surface area contributed by atoms with Crippen LogP contribution in [0.2, 0.25) is 0 Å². The number of anilines is 1. The first-order valence-electron chi connectivity index (χ1n) is 6.47. The molecule has 0 N–H and O–H groups in total. The van der Waals surface area contributed by atoms with Crippen LogP contribution < -0.4 is 9.64 Å². The van der Waals surface area contributed by atoms with Gasteiger partial charge in [0.1, 0.15) is 5.78 Å². The van der Waals surface area contributed by atoms with Gasteiger partial charge in [0.05, 0.1) is 12.0 Å². The van der Waals surface area contributed by atoms with Crippen LogP contribution in [0, 0.1) is 16.0 Å². The molecule has 1 aliphatic rings. The molecule has 1 aliphatic heterocycles. The van der Waals surface area contributed by atoms with Crippen LogP contribution in [0.5, 0.6) is 5.88 Å². The molecule has 0 amide bonds. The molecule has 0 aromatic carbocycles. The monoisotopic (exact) mass is 279 g/mol. The summed E-state index contributed by atoms with van der Waals surface area (Å²) in [4.78, 5) is 28.0. The van der Waals surface area contributed by atoms with Crippen LogP contribution in [0.25, 0.3) is 0 Å². The Labute approximate surface area is 116 Å². The van der Waals surface area contributed by atoms with E-state index in [2.05, 4.69) is 4.98 Å². The average molecular weight is 279 g/mol. The van der Waals surface area contributed by atoms with E-state index in [-0.39, 0.29) is 17.4 Å². The molecular weight excluding hydrogens is 262 g/mol. The van der Waals surface area contributed by atoms with Crippen molar-refractivity contribution >= 4 is 17.3 Å². The zero-order valence-corrected chi connectivity index (χ0v) is 11.5. The molecule has 0 atom stereocenters. The van der Waals surface area contributed by atoms with Gasteiger partial charge in [0, 0.05) is 31.1 Å². The van der Waals surface area contributed by atoms with Gasteiger partial charge in [0.15, 0.2) is 0 Å². The smallest absolute Gasteiger partial charge is 0.311 e. The predicted octanol–water partition coefficient (Wildman–Crippen LogP) is 1.80. The molecule has 0 saturated carbocycles. The van der Waals surface area contributed by atoms with Gasteiger partial charge in [0.25, 0.3) is 0 Å². The molecule has 108 valence electrons. The maximum Gasteiger partial charge on any atom is 0.311 e. The number of ketones is 1. The topological polar surface area (TPSA) is 85.6 Å². The Morgan fingerprint density at radius 3 is 2.60 bits per heavy atom. The molecule has 1 fully saturated rings. The van der Waals surface area contributed by atoms with Crippen LogP contribution in [0.15, 0.2) is 12.1 Å². The van der Waals surface area contributed by atoms with E-state index in [4.69, 9.17) is 4.74 Å². The van der Waals surface area contributed by atoms with Gasteiger partial charge < -0.3 is 9.64 Å². The zero-order chi connectivity index (χ0) is 14.7. The maximum absolute atomic E-state index is 11.4. The van der Waals surface area contributed by atoms with Gasteiger partial charge in [-0.05, 0) is 19.8 Å². The second kappa shape index (κ2) is 5.85. The SMILES string of the molecule is COc1ccc([N+](=O)[O-])c(N2CCC(C(C)=O)CC2)n1. The Morgan fingerprint density at radius 1 is 1.45 bits per heavy atom. The molecule has 2 rings (SSSR count). The number of ether oxygens (including phenoxy) is 1. The summed E-state index contributed by atoms with van der Waals surface area (Å²) in [5.41, 5.74) is -0.0351. The van der Waals surface area contributed by atoms with E-state index in [9.17, 15) is 14.9 Å². The van der Waals surface area contributed by atoms with E-state index in [1.807, 2.05) is 4.90 Å². The Kier molecular flexibility index (Phi) is 4.16. The number of Topliss-reactive ketones (excluding diaryl/α,β-unsaturated/α-hetero) is 1. The van der Waals surface area contributed by atoms with Crippen LogP contribution in [-0.4, -0.2) is 35.9 Å². The molecule has 2 heterocycles. The molecule has 1 aromatic heterocycles. The van der Waals surface area contributed by atoms with Gasteiger partial charge in [0.2, 0.25) is 11.7 Å². The van der Waals surface area contributed by atoms with Crippen molar-refractivity contribution in [3.05, 3.63) is 22.2 Å². The fourth-order valence-corrected chi connectivity index (χ4v) is 2.41.